The van der Waals surface area contributed by atoms with E-state index in [1.54, 1.807) is 12.2 Å². The standard InChI is InChI=1S/C17H26N2O3.C2HF3O2/c20-15(17(16(21)22)9-4-5-10-17)18-13-8-11-19(12-13)14-6-2-1-3-7-14;3-2(4,5)1(6)7/h4-5,13-14H,1-3,6-12H2,(H,18,20)(H,21,22);(H,6,7). The predicted octanol–water partition coefficient (Wildman–Crippen LogP) is 2.56. The van der Waals surface area contributed by atoms with E-state index in [9.17, 15) is 27.9 Å². The van der Waals surface area contributed by atoms with Crippen molar-refractivity contribution in [1.82, 2.24) is 10.2 Å². The summed E-state index contributed by atoms with van der Waals surface area (Å²) in [5.41, 5.74) is -1.27. The van der Waals surface area contributed by atoms with Gasteiger partial charge in [0.25, 0.3) is 0 Å². The molecule has 0 aromatic carbocycles. The summed E-state index contributed by atoms with van der Waals surface area (Å²) in [4.78, 5) is 35.4. The third-order valence-corrected chi connectivity index (χ3v) is 5.83. The van der Waals surface area contributed by atoms with Crippen molar-refractivity contribution in [3.63, 3.8) is 0 Å². The van der Waals surface area contributed by atoms with Gasteiger partial charge in [-0.25, -0.2) is 4.79 Å². The van der Waals surface area contributed by atoms with Gasteiger partial charge in [0, 0.05) is 25.2 Å². The molecule has 29 heavy (non-hydrogen) atoms. The molecule has 2 fully saturated rings. The molecule has 0 aromatic heterocycles. The van der Waals surface area contributed by atoms with Crippen LogP contribution in [0.4, 0.5) is 13.2 Å². The van der Waals surface area contributed by atoms with Gasteiger partial charge >= 0.3 is 18.1 Å². The maximum Gasteiger partial charge on any atom is 0.490 e. The monoisotopic (exact) mass is 420 g/mol. The number of alkyl halides is 3. The normalized spacial score (nSPS) is 24.6. The van der Waals surface area contributed by atoms with Crippen molar-refractivity contribution >= 4 is 17.8 Å². The first kappa shape index (κ1) is 23.2. The number of allylic oxidation sites excluding steroid dienone is 2. The number of nitrogens with one attached hydrogen (secondary N) is 1. The minimum absolute atomic E-state index is 0.103. The zero-order chi connectivity index (χ0) is 21.7. The summed E-state index contributed by atoms with van der Waals surface area (Å²) in [5.74, 6) is -4.06. The van der Waals surface area contributed by atoms with Crippen molar-refractivity contribution in [2.75, 3.05) is 13.1 Å². The topological polar surface area (TPSA) is 107 Å². The van der Waals surface area contributed by atoms with Crippen molar-refractivity contribution in [3.05, 3.63) is 12.2 Å². The molecule has 0 spiro atoms. The number of carbonyl (C=O) groups excluding carboxylic acids is 1. The van der Waals surface area contributed by atoms with Crippen LogP contribution in [0.5, 0.6) is 0 Å². The maximum atomic E-state index is 12.5. The van der Waals surface area contributed by atoms with Gasteiger partial charge in [0.1, 0.15) is 0 Å². The van der Waals surface area contributed by atoms with Gasteiger partial charge in [-0.3, -0.25) is 14.5 Å². The Morgan fingerprint density at radius 2 is 1.55 bits per heavy atom. The molecule has 1 atom stereocenters. The molecule has 164 valence electrons. The number of carboxylic acid groups (broad SMARTS) is 2. The molecule has 0 bridgehead atoms. The van der Waals surface area contributed by atoms with Crippen LogP contribution in [-0.4, -0.2) is 64.3 Å². The zero-order valence-corrected chi connectivity index (χ0v) is 16.1. The van der Waals surface area contributed by atoms with Crippen LogP contribution in [0.25, 0.3) is 0 Å². The number of nitrogens with zero attached hydrogens (tertiary/aromatic N) is 1. The van der Waals surface area contributed by atoms with Crippen LogP contribution in [-0.2, 0) is 14.4 Å². The lowest BCUT2D eigenvalue weighted by Crippen LogP contribution is -2.49. The number of rotatable bonds is 4. The number of halogens is 3. The fraction of sp³-hybridized carbons (Fsp3) is 0.737. The summed E-state index contributed by atoms with van der Waals surface area (Å²) in [6.45, 7) is 1.90. The van der Waals surface area contributed by atoms with E-state index >= 15 is 0 Å². The Kier molecular flexibility index (Phi) is 7.67. The average Bonchev–Trinajstić information content (AvgIpc) is 3.32. The van der Waals surface area contributed by atoms with E-state index in [1.807, 2.05) is 0 Å². The van der Waals surface area contributed by atoms with E-state index in [0.717, 1.165) is 19.5 Å². The van der Waals surface area contributed by atoms with Crippen molar-refractivity contribution in [2.24, 2.45) is 5.41 Å². The van der Waals surface area contributed by atoms with Crippen molar-refractivity contribution in [1.29, 1.82) is 0 Å². The Morgan fingerprint density at radius 1 is 1.00 bits per heavy atom. The second-order valence-corrected chi connectivity index (χ2v) is 7.82. The third-order valence-electron chi connectivity index (χ3n) is 5.83. The molecule has 1 saturated heterocycles. The van der Waals surface area contributed by atoms with Gasteiger partial charge in [-0.15, -0.1) is 0 Å². The second-order valence-electron chi connectivity index (χ2n) is 7.82. The first-order chi connectivity index (χ1) is 13.6. The Bertz CT molecular complexity index is 636. The van der Waals surface area contributed by atoms with E-state index in [2.05, 4.69) is 10.2 Å². The predicted molar refractivity (Wildman–Crippen MR) is 97.1 cm³/mol. The summed E-state index contributed by atoms with van der Waals surface area (Å²) in [7, 11) is 0. The molecule has 3 rings (SSSR count). The molecule has 10 heteroatoms. The lowest BCUT2D eigenvalue weighted by molar-refractivity contribution is -0.192. The molecule has 3 aliphatic rings. The van der Waals surface area contributed by atoms with Gasteiger partial charge in [0.15, 0.2) is 5.41 Å². The number of aliphatic carboxylic acids is 2. The van der Waals surface area contributed by atoms with E-state index in [0.29, 0.717) is 18.9 Å². The fourth-order valence-electron chi connectivity index (χ4n) is 4.12. The van der Waals surface area contributed by atoms with Gasteiger partial charge in [0.05, 0.1) is 0 Å². The minimum Gasteiger partial charge on any atom is -0.480 e. The molecule has 1 heterocycles. The van der Waals surface area contributed by atoms with Crippen molar-refractivity contribution < 1.29 is 37.8 Å². The van der Waals surface area contributed by atoms with Crippen LogP contribution < -0.4 is 5.32 Å². The molecule has 1 unspecified atom stereocenters. The largest absolute Gasteiger partial charge is 0.490 e. The highest BCUT2D eigenvalue weighted by Gasteiger charge is 2.47. The first-order valence-electron chi connectivity index (χ1n) is 9.80. The number of likely N-dealkylation sites (tertiary alicyclic amines) is 1. The Hall–Kier alpha value is -2.10. The number of carbonyl (C=O) groups is 3. The SMILES string of the molecule is O=C(O)C(F)(F)F.O=C(O)C1(C(=O)NC2CCN(C3CCCCC3)C2)CC=CC1. The molecule has 1 aliphatic heterocycles. The Balaban J connectivity index is 0.000000370. The van der Waals surface area contributed by atoms with Gasteiger partial charge in [0.2, 0.25) is 5.91 Å². The van der Waals surface area contributed by atoms with Gasteiger partial charge in [-0.2, -0.15) is 13.2 Å². The molecule has 7 nitrogen and oxygen atoms in total. The van der Waals surface area contributed by atoms with E-state index < -0.39 is 23.5 Å². The van der Waals surface area contributed by atoms with Crippen molar-refractivity contribution in [3.8, 4) is 0 Å². The highest BCUT2D eigenvalue weighted by molar-refractivity contribution is 6.02. The van der Waals surface area contributed by atoms with Gasteiger partial charge in [-0.05, 0) is 32.1 Å². The van der Waals surface area contributed by atoms with Crippen LogP contribution in [0.3, 0.4) is 0 Å². The lowest BCUT2D eigenvalue weighted by Gasteiger charge is -2.31. The molecule has 1 amide bonds. The summed E-state index contributed by atoms with van der Waals surface area (Å²) >= 11 is 0. The minimum atomic E-state index is -5.08. The van der Waals surface area contributed by atoms with Crippen LogP contribution in [0, 0.1) is 5.41 Å². The first-order valence-corrected chi connectivity index (χ1v) is 9.80. The highest BCUT2D eigenvalue weighted by atomic mass is 19.4. The van der Waals surface area contributed by atoms with Gasteiger partial charge < -0.3 is 15.5 Å². The Morgan fingerprint density at radius 3 is 2.03 bits per heavy atom. The van der Waals surface area contributed by atoms with Crippen LogP contribution >= 0.6 is 0 Å². The number of carboxylic acids is 2. The smallest absolute Gasteiger partial charge is 0.480 e. The molecule has 1 saturated carbocycles. The van der Waals surface area contributed by atoms with E-state index in [4.69, 9.17) is 9.90 Å². The average molecular weight is 420 g/mol. The maximum absolute atomic E-state index is 12.5. The molecular formula is C19H27F3N2O5. The number of amides is 1. The second kappa shape index (κ2) is 9.60. The third kappa shape index (κ3) is 5.94. The van der Waals surface area contributed by atoms with Crippen LogP contribution in [0.1, 0.15) is 51.4 Å². The molecule has 3 N–H and O–H groups in total. The summed E-state index contributed by atoms with van der Waals surface area (Å²) in [6, 6.07) is 0.767. The molecule has 0 aromatic rings. The van der Waals surface area contributed by atoms with E-state index in [-0.39, 0.29) is 11.9 Å². The highest BCUT2D eigenvalue weighted by Crippen LogP contribution is 2.34. The van der Waals surface area contributed by atoms with Crippen molar-refractivity contribution in [2.45, 2.75) is 69.6 Å². The van der Waals surface area contributed by atoms with Crippen LogP contribution in [0.2, 0.25) is 0 Å². The quantitative estimate of drug-likeness (QED) is 0.477. The number of hydrogen-bond donors (Lipinski definition) is 3. The Labute approximate surface area is 166 Å². The van der Waals surface area contributed by atoms with Gasteiger partial charge in [-0.1, -0.05) is 31.4 Å². The zero-order valence-electron chi connectivity index (χ0n) is 16.1. The lowest BCUT2D eigenvalue weighted by atomic mass is 9.84. The number of hydrogen-bond acceptors (Lipinski definition) is 4. The fourth-order valence-corrected chi connectivity index (χ4v) is 4.12. The summed E-state index contributed by atoms with van der Waals surface area (Å²) in [5, 5.41) is 19.6. The molecule has 0 radical (unpaired) electrons. The molecular weight excluding hydrogens is 393 g/mol. The van der Waals surface area contributed by atoms with E-state index in [1.165, 1.54) is 32.1 Å². The summed E-state index contributed by atoms with van der Waals surface area (Å²) in [6.07, 6.45) is 6.59. The molecule has 2 aliphatic carbocycles. The van der Waals surface area contributed by atoms with Crippen LogP contribution in [0.15, 0.2) is 12.2 Å². The summed E-state index contributed by atoms with van der Waals surface area (Å²) < 4.78 is 31.7.